The first kappa shape index (κ1) is 14.4. The van der Waals surface area contributed by atoms with Gasteiger partial charge in [0.05, 0.1) is 11.5 Å². The van der Waals surface area contributed by atoms with E-state index in [4.69, 9.17) is 5.11 Å². The third-order valence-electron chi connectivity index (χ3n) is 2.16. The number of amides is 1. The Morgan fingerprint density at radius 1 is 1.53 bits per heavy atom. The van der Waals surface area contributed by atoms with Gasteiger partial charge in [0.2, 0.25) is 0 Å². The van der Waals surface area contributed by atoms with Crippen LogP contribution in [0.15, 0.2) is 22.7 Å². The number of carboxylic acids is 1. The molecule has 4 nitrogen and oxygen atoms in total. The maximum atomic E-state index is 11.8. The third kappa shape index (κ3) is 4.27. The Morgan fingerprint density at radius 3 is 2.76 bits per heavy atom. The average molecular weight is 412 g/mol. The van der Waals surface area contributed by atoms with Crippen LogP contribution in [0.1, 0.15) is 17.3 Å². The molecule has 0 saturated carbocycles. The van der Waals surface area contributed by atoms with E-state index in [1.165, 1.54) is 0 Å². The van der Waals surface area contributed by atoms with E-state index in [9.17, 15) is 9.59 Å². The highest BCUT2D eigenvalue weighted by Gasteiger charge is 2.14. The van der Waals surface area contributed by atoms with Crippen LogP contribution in [-0.4, -0.2) is 23.5 Å². The Balaban J connectivity index is 2.70. The van der Waals surface area contributed by atoms with Gasteiger partial charge in [0.25, 0.3) is 5.91 Å². The Bertz CT molecular complexity index is 450. The molecule has 0 saturated heterocycles. The molecule has 1 amide bonds. The van der Waals surface area contributed by atoms with Gasteiger partial charge < -0.3 is 10.4 Å². The molecule has 0 spiro atoms. The number of hydrogen-bond donors (Lipinski definition) is 2. The van der Waals surface area contributed by atoms with Crippen LogP contribution < -0.4 is 5.32 Å². The maximum absolute atomic E-state index is 11.8. The van der Waals surface area contributed by atoms with Crippen LogP contribution in [0, 0.1) is 9.49 Å². The summed E-state index contributed by atoms with van der Waals surface area (Å²) >= 11 is 5.36. The predicted molar refractivity (Wildman–Crippen MR) is 76.0 cm³/mol. The van der Waals surface area contributed by atoms with Crippen LogP contribution in [0.4, 0.5) is 0 Å². The molecular formula is C11H11BrINO3. The lowest BCUT2D eigenvalue weighted by Gasteiger charge is -2.09. The van der Waals surface area contributed by atoms with E-state index in [1.807, 2.05) is 12.1 Å². The summed E-state index contributed by atoms with van der Waals surface area (Å²) in [5.74, 6) is -1.78. The lowest BCUT2D eigenvalue weighted by molar-refractivity contribution is -0.140. The molecule has 1 rings (SSSR count). The minimum atomic E-state index is -0.922. The quantitative estimate of drug-likeness (QED) is 0.748. The molecule has 0 aliphatic rings. The van der Waals surface area contributed by atoms with Crippen LogP contribution in [0.5, 0.6) is 0 Å². The van der Waals surface area contributed by atoms with E-state index in [0.717, 1.165) is 8.04 Å². The van der Waals surface area contributed by atoms with Crippen LogP contribution in [-0.2, 0) is 4.79 Å². The molecule has 1 unspecified atom stereocenters. The number of carboxylic acid groups (broad SMARTS) is 1. The van der Waals surface area contributed by atoms with E-state index in [1.54, 1.807) is 13.0 Å². The van der Waals surface area contributed by atoms with Gasteiger partial charge in [0, 0.05) is 14.6 Å². The van der Waals surface area contributed by atoms with Crippen molar-refractivity contribution in [3.8, 4) is 0 Å². The molecule has 0 fully saturated rings. The third-order valence-corrected chi connectivity index (χ3v) is 3.60. The Morgan fingerprint density at radius 2 is 2.18 bits per heavy atom. The highest BCUT2D eigenvalue weighted by molar-refractivity contribution is 14.1. The Labute approximate surface area is 121 Å². The summed E-state index contributed by atoms with van der Waals surface area (Å²) in [6, 6.07) is 5.38. The van der Waals surface area contributed by atoms with Crippen LogP contribution in [0.25, 0.3) is 0 Å². The SMILES string of the molecule is CC(CNC(=O)c1cc(Br)ccc1I)C(=O)O. The van der Waals surface area contributed by atoms with E-state index in [0.29, 0.717) is 5.56 Å². The van der Waals surface area contributed by atoms with Crippen molar-refractivity contribution < 1.29 is 14.7 Å². The van der Waals surface area contributed by atoms with Crippen molar-refractivity contribution >= 4 is 50.4 Å². The normalized spacial score (nSPS) is 11.9. The summed E-state index contributed by atoms with van der Waals surface area (Å²) in [6.45, 7) is 1.67. The molecular weight excluding hydrogens is 401 g/mol. The number of carbonyl (C=O) groups excluding carboxylic acids is 1. The van der Waals surface area contributed by atoms with E-state index < -0.39 is 11.9 Å². The number of rotatable bonds is 4. The first-order chi connectivity index (χ1) is 7.91. The first-order valence-electron chi connectivity index (χ1n) is 4.88. The maximum Gasteiger partial charge on any atom is 0.308 e. The highest BCUT2D eigenvalue weighted by atomic mass is 127. The summed E-state index contributed by atoms with van der Waals surface area (Å²) < 4.78 is 1.64. The van der Waals surface area contributed by atoms with Crippen molar-refractivity contribution in [3.63, 3.8) is 0 Å². The minimum absolute atomic E-state index is 0.122. The molecule has 0 aromatic heterocycles. The fraction of sp³-hybridized carbons (Fsp3) is 0.273. The van der Waals surface area contributed by atoms with Crippen molar-refractivity contribution in [2.45, 2.75) is 6.92 Å². The number of benzene rings is 1. The standard InChI is InChI=1S/C11H11BrINO3/c1-6(11(16)17)5-14-10(15)8-4-7(12)2-3-9(8)13/h2-4,6H,5H2,1H3,(H,14,15)(H,16,17). The largest absolute Gasteiger partial charge is 0.481 e. The first-order valence-corrected chi connectivity index (χ1v) is 6.75. The van der Waals surface area contributed by atoms with Crippen LogP contribution >= 0.6 is 38.5 Å². The second-order valence-electron chi connectivity index (χ2n) is 3.57. The van der Waals surface area contributed by atoms with Gasteiger partial charge >= 0.3 is 5.97 Å². The van der Waals surface area contributed by atoms with Crippen LogP contribution in [0.2, 0.25) is 0 Å². The van der Waals surface area contributed by atoms with Crippen molar-refractivity contribution in [2.24, 2.45) is 5.92 Å². The fourth-order valence-corrected chi connectivity index (χ4v) is 2.04. The summed E-state index contributed by atoms with van der Waals surface area (Å²) in [6.07, 6.45) is 0. The molecule has 2 N–H and O–H groups in total. The van der Waals surface area contributed by atoms with Crippen molar-refractivity contribution in [1.82, 2.24) is 5.32 Å². The Hall–Kier alpha value is -0.630. The average Bonchev–Trinajstić information content (AvgIpc) is 2.28. The van der Waals surface area contributed by atoms with E-state index in [-0.39, 0.29) is 12.5 Å². The summed E-state index contributed by atoms with van der Waals surface area (Å²) in [7, 11) is 0. The summed E-state index contributed by atoms with van der Waals surface area (Å²) in [4.78, 5) is 22.4. The molecule has 0 radical (unpaired) electrons. The molecule has 92 valence electrons. The van der Waals surface area contributed by atoms with E-state index in [2.05, 4.69) is 43.8 Å². The number of nitrogens with one attached hydrogen (secondary N) is 1. The molecule has 0 bridgehead atoms. The van der Waals surface area contributed by atoms with Crippen molar-refractivity contribution in [1.29, 1.82) is 0 Å². The molecule has 1 atom stereocenters. The molecule has 0 heterocycles. The molecule has 6 heteroatoms. The lowest BCUT2D eigenvalue weighted by atomic mass is 10.1. The van der Waals surface area contributed by atoms with Crippen molar-refractivity contribution in [3.05, 3.63) is 31.8 Å². The second kappa shape index (κ2) is 6.34. The zero-order chi connectivity index (χ0) is 13.0. The topological polar surface area (TPSA) is 66.4 Å². The number of halogens is 2. The van der Waals surface area contributed by atoms with Gasteiger partial charge in [-0.3, -0.25) is 9.59 Å². The molecule has 1 aromatic carbocycles. The second-order valence-corrected chi connectivity index (χ2v) is 5.65. The Kier molecular flexibility index (Phi) is 5.38. The smallest absolute Gasteiger partial charge is 0.308 e. The molecule has 0 aliphatic carbocycles. The summed E-state index contributed by atoms with van der Waals surface area (Å²) in [5.41, 5.74) is 0.539. The van der Waals surface area contributed by atoms with Crippen molar-refractivity contribution in [2.75, 3.05) is 6.54 Å². The zero-order valence-corrected chi connectivity index (χ0v) is 12.8. The summed E-state index contributed by atoms with van der Waals surface area (Å²) in [5, 5.41) is 11.3. The van der Waals surface area contributed by atoms with Gasteiger partial charge in [-0.2, -0.15) is 0 Å². The van der Waals surface area contributed by atoms with E-state index >= 15 is 0 Å². The van der Waals surface area contributed by atoms with Gasteiger partial charge in [0.15, 0.2) is 0 Å². The predicted octanol–water partition coefficient (Wildman–Crippen LogP) is 2.50. The zero-order valence-electron chi connectivity index (χ0n) is 9.04. The van der Waals surface area contributed by atoms with Gasteiger partial charge in [0.1, 0.15) is 0 Å². The highest BCUT2D eigenvalue weighted by Crippen LogP contribution is 2.18. The number of aliphatic carboxylic acids is 1. The lowest BCUT2D eigenvalue weighted by Crippen LogP contribution is -2.31. The fourth-order valence-electron chi connectivity index (χ4n) is 1.10. The van der Waals surface area contributed by atoms with Gasteiger partial charge in [-0.05, 0) is 40.8 Å². The monoisotopic (exact) mass is 411 g/mol. The molecule has 0 aliphatic heterocycles. The van der Waals surface area contributed by atoms with Gasteiger partial charge in [-0.1, -0.05) is 22.9 Å². The van der Waals surface area contributed by atoms with Gasteiger partial charge in [-0.15, -0.1) is 0 Å². The molecule has 17 heavy (non-hydrogen) atoms. The van der Waals surface area contributed by atoms with Crippen LogP contribution in [0.3, 0.4) is 0 Å². The molecule has 1 aromatic rings. The number of carbonyl (C=O) groups is 2. The minimum Gasteiger partial charge on any atom is -0.481 e. The number of hydrogen-bond acceptors (Lipinski definition) is 2. The van der Waals surface area contributed by atoms with Gasteiger partial charge in [-0.25, -0.2) is 0 Å².